The standard InChI is InChI=1S/C31H34FN7O5/c1-6-28(40)38-12-9-19(10-13-38)43-26-16-21-24(17-25(26)42-5)33-18-34-29(21)35-23-8-7-20(15-22(23)32)44-27-11-14-39(37-27)30(41)36-31(2,3)4/h6-8,11,14-19H,1,9-10,12-13H2,2-5H3,(H,36,41)(H,33,34,35)/i5D3. The lowest BCUT2D eigenvalue weighted by molar-refractivity contribution is -0.127. The second kappa shape index (κ2) is 12.6. The van der Waals surface area contributed by atoms with E-state index in [2.05, 4.69) is 32.3 Å². The lowest BCUT2D eigenvalue weighted by Gasteiger charge is -2.31. The monoisotopic (exact) mass is 606 g/mol. The van der Waals surface area contributed by atoms with E-state index in [1.807, 2.05) is 20.8 Å². The van der Waals surface area contributed by atoms with Crippen molar-refractivity contribution in [2.75, 3.05) is 25.4 Å². The van der Waals surface area contributed by atoms with E-state index in [1.165, 1.54) is 42.9 Å². The number of methoxy groups -OCH3 is 1. The molecule has 0 spiro atoms. The Labute approximate surface area is 258 Å². The summed E-state index contributed by atoms with van der Waals surface area (Å²) in [6.07, 6.45) is 4.62. The Hall–Kier alpha value is -5.20. The number of nitrogens with one attached hydrogen (secondary N) is 2. The third-order valence-corrected chi connectivity index (χ3v) is 6.70. The van der Waals surface area contributed by atoms with Crippen molar-refractivity contribution >= 4 is 34.3 Å². The molecule has 0 unspecified atom stereocenters. The summed E-state index contributed by atoms with van der Waals surface area (Å²) in [6, 6.07) is 8.13. The first-order valence-electron chi connectivity index (χ1n) is 15.4. The van der Waals surface area contributed by atoms with Crippen molar-refractivity contribution in [3.8, 4) is 23.1 Å². The van der Waals surface area contributed by atoms with Crippen LogP contribution in [0.3, 0.4) is 0 Å². The average molecular weight is 607 g/mol. The number of nitrogens with zero attached hydrogens (tertiary/aromatic N) is 5. The minimum absolute atomic E-state index is 0.0437. The van der Waals surface area contributed by atoms with E-state index in [9.17, 15) is 9.59 Å². The highest BCUT2D eigenvalue weighted by atomic mass is 19.1. The number of likely N-dealkylation sites (tertiary alicyclic amines) is 1. The number of rotatable bonds is 8. The highest BCUT2D eigenvalue weighted by Gasteiger charge is 2.24. The van der Waals surface area contributed by atoms with Gasteiger partial charge in [0.1, 0.15) is 29.8 Å². The molecule has 1 saturated heterocycles. The molecule has 2 aromatic carbocycles. The van der Waals surface area contributed by atoms with Gasteiger partial charge in [-0.2, -0.15) is 4.68 Å². The fourth-order valence-corrected chi connectivity index (χ4v) is 4.60. The number of halogens is 1. The number of hydrogen-bond donors (Lipinski definition) is 2. The van der Waals surface area contributed by atoms with Crippen molar-refractivity contribution in [3.05, 3.63) is 67.4 Å². The van der Waals surface area contributed by atoms with E-state index < -0.39 is 24.4 Å². The summed E-state index contributed by atoms with van der Waals surface area (Å²) >= 11 is 0. The number of ether oxygens (including phenoxy) is 3. The molecule has 1 aliphatic heterocycles. The zero-order valence-electron chi connectivity index (χ0n) is 27.5. The van der Waals surface area contributed by atoms with E-state index in [1.54, 1.807) is 11.0 Å². The Bertz CT molecular complexity index is 1800. The predicted octanol–water partition coefficient (Wildman–Crippen LogP) is 5.42. The van der Waals surface area contributed by atoms with Gasteiger partial charge in [0, 0.05) is 61.3 Å². The largest absolute Gasteiger partial charge is 0.493 e. The van der Waals surface area contributed by atoms with Crippen molar-refractivity contribution in [2.45, 2.75) is 45.3 Å². The van der Waals surface area contributed by atoms with E-state index >= 15 is 4.39 Å². The van der Waals surface area contributed by atoms with Gasteiger partial charge in [0.25, 0.3) is 0 Å². The van der Waals surface area contributed by atoms with Crippen LogP contribution in [0.1, 0.15) is 37.7 Å². The molecule has 1 fully saturated rings. The maximum absolute atomic E-state index is 15.3. The van der Waals surface area contributed by atoms with Gasteiger partial charge in [-0.1, -0.05) is 6.58 Å². The Morgan fingerprint density at radius 2 is 1.93 bits per heavy atom. The van der Waals surface area contributed by atoms with Crippen LogP contribution in [-0.4, -0.2) is 68.4 Å². The van der Waals surface area contributed by atoms with Crippen molar-refractivity contribution < 1.29 is 32.3 Å². The van der Waals surface area contributed by atoms with E-state index in [4.69, 9.17) is 18.3 Å². The Morgan fingerprint density at radius 3 is 2.64 bits per heavy atom. The third kappa shape index (κ3) is 7.05. The van der Waals surface area contributed by atoms with Gasteiger partial charge in [-0.05, 0) is 45.0 Å². The quantitative estimate of drug-likeness (QED) is 0.252. The molecule has 4 aromatic rings. The van der Waals surface area contributed by atoms with Gasteiger partial charge in [-0.25, -0.2) is 19.2 Å². The number of fused-ring (bicyclic) bond motifs is 1. The molecule has 1 aliphatic rings. The third-order valence-electron chi connectivity index (χ3n) is 6.70. The van der Waals surface area contributed by atoms with Crippen LogP contribution in [-0.2, 0) is 4.79 Å². The second-order valence-electron chi connectivity index (χ2n) is 11.1. The predicted molar refractivity (Wildman–Crippen MR) is 162 cm³/mol. The fraction of sp³-hybridized carbons (Fsp3) is 0.323. The lowest BCUT2D eigenvalue weighted by Crippen LogP contribution is -2.43. The van der Waals surface area contributed by atoms with Gasteiger partial charge < -0.3 is 29.7 Å². The lowest BCUT2D eigenvalue weighted by atomic mass is 10.1. The minimum atomic E-state index is -2.76. The minimum Gasteiger partial charge on any atom is -0.493 e. The highest BCUT2D eigenvalue weighted by Crippen LogP contribution is 2.37. The fourth-order valence-electron chi connectivity index (χ4n) is 4.60. The smallest absolute Gasteiger partial charge is 0.342 e. The van der Waals surface area contributed by atoms with E-state index in [0.29, 0.717) is 36.8 Å². The topological polar surface area (TPSA) is 133 Å². The maximum atomic E-state index is 15.3. The van der Waals surface area contributed by atoms with Crippen LogP contribution < -0.4 is 24.8 Å². The molecule has 230 valence electrons. The molecular weight excluding hydrogens is 569 g/mol. The zero-order valence-corrected chi connectivity index (χ0v) is 24.5. The number of aromatic nitrogens is 4. The molecule has 2 aromatic heterocycles. The summed E-state index contributed by atoms with van der Waals surface area (Å²) in [4.78, 5) is 34.5. The van der Waals surface area contributed by atoms with E-state index in [-0.39, 0.29) is 46.6 Å². The van der Waals surface area contributed by atoms with Gasteiger partial charge >= 0.3 is 6.03 Å². The summed E-state index contributed by atoms with van der Waals surface area (Å²) in [5.41, 5.74) is -0.0665. The van der Waals surface area contributed by atoms with Crippen molar-refractivity contribution in [1.82, 2.24) is 30.0 Å². The molecule has 0 saturated carbocycles. The van der Waals surface area contributed by atoms with Crippen molar-refractivity contribution in [2.24, 2.45) is 0 Å². The SMILES string of the molecule is [2H]C([2H])([2H])Oc1cc2ncnc(Nc3ccc(Oc4ccn(C(=O)NC(C)(C)C)n4)cc3F)c2cc1OC1CCN(C(=O)C=C)CC1. The van der Waals surface area contributed by atoms with Crippen molar-refractivity contribution in [1.29, 1.82) is 0 Å². The van der Waals surface area contributed by atoms with Crippen LogP contribution in [0, 0.1) is 5.82 Å². The number of carbonyl (C=O) groups is 2. The number of hydrogen-bond acceptors (Lipinski definition) is 9. The Balaban J connectivity index is 1.36. The highest BCUT2D eigenvalue weighted by molar-refractivity contribution is 5.93. The van der Waals surface area contributed by atoms with Gasteiger partial charge in [0.15, 0.2) is 11.5 Å². The van der Waals surface area contributed by atoms with Crippen LogP contribution in [0.5, 0.6) is 23.1 Å². The first-order chi connectivity index (χ1) is 22.2. The maximum Gasteiger partial charge on any atom is 0.342 e. The number of anilines is 2. The van der Waals surface area contributed by atoms with Crippen LogP contribution in [0.4, 0.5) is 20.7 Å². The van der Waals surface area contributed by atoms with Gasteiger partial charge in [0.05, 0.1) is 22.4 Å². The molecule has 0 atom stereocenters. The van der Waals surface area contributed by atoms with Gasteiger partial charge in [0.2, 0.25) is 11.8 Å². The molecule has 0 radical (unpaired) electrons. The molecular formula is C31H34FN7O5. The zero-order chi connectivity index (χ0) is 33.9. The number of amides is 2. The molecule has 5 rings (SSSR count). The van der Waals surface area contributed by atoms with Crippen molar-refractivity contribution in [3.63, 3.8) is 0 Å². The molecule has 0 aliphatic carbocycles. The Kier molecular flexibility index (Phi) is 7.55. The molecule has 3 heterocycles. The van der Waals surface area contributed by atoms with Crippen LogP contribution >= 0.6 is 0 Å². The first kappa shape index (κ1) is 26.4. The summed E-state index contributed by atoms with van der Waals surface area (Å²) in [5, 5.41) is 10.2. The summed E-state index contributed by atoms with van der Waals surface area (Å²) in [7, 11) is -2.76. The second-order valence-corrected chi connectivity index (χ2v) is 11.1. The number of carbonyl (C=O) groups excluding carboxylic acids is 2. The summed E-state index contributed by atoms with van der Waals surface area (Å²) in [6.45, 7) is 9.94. The summed E-state index contributed by atoms with van der Waals surface area (Å²) < 4.78 is 56.4. The summed E-state index contributed by atoms with van der Waals surface area (Å²) in [5.74, 6) is -0.280. The number of benzene rings is 2. The molecule has 13 heteroatoms. The van der Waals surface area contributed by atoms with Gasteiger partial charge in [-0.15, -0.1) is 5.10 Å². The van der Waals surface area contributed by atoms with Crippen LogP contribution in [0.25, 0.3) is 10.9 Å². The van der Waals surface area contributed by atoms with Crippen LogP contribution in [0.2, 0.25) is 0 Å². The van der Waals surface area contributed by atoms with Gasteiger partial charge in [-0.3, -0.25) is 4.79 Å². The molecule has 44 heavy (non-hydrogen) atoms. The molecule has 12 nitrogen and oxygen atoms in total. The van der Waals surface area contributed by atoms with E-state index in [0.717, 1.165) is 10.7 Å². The normalized spacial score (nSPS) is 15.1. The number of piperidine rings is 1. The first-order valence-corrected chi connectivity index (χ1v) is 13.9. The average Bonchev–Trinajstić information content (AvgIpc) is 3.46. The van der Waals surface area contributed by atoms with Crippen LogP contribution in [0.15, 0.2) is 61.6 Å². The molecule has 2 amide bonds. The Morgan fingerprint density at radius 1 is 1.14 bits per heavy atom. The molecule has 2 N–H and O–H groups in total. The molecule has 0 bridgehead atoms.